The van der Waals surface area contributed by atoms with Gasteiger partial charge >= 0.3 is 0 Å². The highest BCUT2D eigenvalue weighted by Gasteiger charge is 2.53. The van der Waals surface area contributed by atoms with E-state index in [1.54, 1.807) is 0 Å². The molecule has 3 aromatic heterocycles. The van der Waals surface area contributed by atoms with E-state index < -0.39 is 0 Å². The summed E-state index contributed by atoms with van der Waals surface area (Å²) in [5.74, 6) is 3.28. The molecule has 4 heterocycles. The number of aromatic nitrogens is 4. The Kier molecular flexibility index (Phi) is 7.21. The molecule has 8 aromatic rings. The molecule has 284 valence electrons. The van der Waals surface area contributed by atoms with Crippen molar-refractivity contribution in [3.63, 3.8) is 0 Å². The van der Waals surface area contributed by atoms with Crippen LogP contribution in [0.3, 0.4) is 0 Å². The Balaban J connectivity index is 0.976. The van der Waals surface area contributed by atoms with E-state index in [0.717, 1.165) is 45.7 Å². The summed E-state index contributed by atoms with van der Waals surface area (Å²) in [6.07, 6.45) is 16.0. The number of benzene rings is 5. The second-order valence-corrected chi connectivity index (χ2v) is 19.7. The van der Waals surface area contributed by atoms with E-state index in [4.69, 9.17) is 9.97 Å². The fourth-order valence-corrected chi connectivity index (χ4v) is 13.4. The van der Waals surface area contributed by atoms with Gasteiger partial charge in [0.2, 0.25) is 0 Å². The molecule has 4 aliphatic carbocycles. The Morgan fingerprint density at radius 3 is 1.95 bits per heavy atom. The molecule has 13 rings (SSSR count). The highest BCUT2D eigenvalue weighted by molar-refractivity contribution is 8.00. The van der Waals surface area contributed by atoms with Gasteiger partial charge in [0, 0.05) is 52.8 Å². The number of hydrogen-bond donors (Lipinski definition) is 0. The summed E-state index contributed by atoms with van der Waals surface area (Å²) in [5, 5.41) is 7.65. The summed E-state index contributed by atoms with van der Waals surface area (Å²) in [6, 6.07) is 46.2. The van der Waals surface area contributed by atoms with Gasteiger partial charge in [0.05, 0.1) is 21.4 Å². The average molecular weight is 797 g/mol. The van der Waals surface area contributed by atoms with Crippen LogP contribution in [0, 0.1) is 29.1 Å². The first-order valence-corrected chi connectivity index (χ1v) is 22.5. The van der Waals surface area contributed by atoms with E-state index in [-0.39, 0.29) is 5.41 Å². The molecule has 1 fully saturated rings. The van der Waals surface area contributed by atoms with Crippen molar-refractivity contribution in [3.05, 3.63) is 172 Å². The summed E-state index contributed by atoms with van der Waals surface area (Å²) in [5.41, 5.74) is 7.43. The third-order valence-corrected chi connectivity index (χ3v) is 16.3. The molecule has 0 bridgehead atoms. The fourth-order valence-electron chi connectivity index (χ4n) is 11.0. The molecule has 0 amide bonds. The van der Waals surface area contributed by atoms with Crippen molar-refractivity contribution in [3.8, 4) is 22.8 Å². The van der Waals surface area contributed by atoms with Crippen LogP contribution in [-0.2, 0) is 0 Å². The number of rotatable bonds is 4. The predicted molar refractivity (Wildman–Crippen MR) is 246 cm³/mol. The second-order valence-electron chi connectivity index (χ2n) is 17.4. The van der Waals surface area contributed by atoms with Gasteiger partial charge < -0.3 is 0 Å². The van der Waals surface area contributed by atoms with Crippen molar-refractivity contribution in [2.75, 3.05) is 0 Å². The van der Waals surface area contributed by atoms with Gasteiger partial charge in [0.1, 0.15) is 11.6 Å². The van der Waals surface area contributed by atoms with E-state index >= 15 is 0 Å². The number of imidazole rings is 2. The van der Waals surface area contributed by atoms with E-state index in [0.29, 0.717) is 28.9 Å². The highest BCUT2D eigenvalue weighted by atomic mass is 32.2. The van der Waals surface area contributed by atoms with Gasteiger partial charge in [-0.15, -0.1) is 23.1 Å². The zero-order chi connectivity index (χ0) is 39.0. The van der Waals surface area contributed by atoms with Crippen LogP contribution in [0.2, 0.25) is 0 Å². The number of nitrogens with zero attached hydrogens (tertiary/aromatic N) is 4. The zero-order valence-electron chi connectivity index (χ0n) is 32.8. The molecular formula is C53H40N4S2. The van der Waals surface area contributed by atoms with Crippen LogP contribution < -0.4 is 21.4 Å². The number of fused-ring (bicyclic) bond motifs is 11. The van der Waals surface area contributed by atoms with E-state index in [2.05, 4.69) is 187 Å². The van der Waals surface area contributed by atoms with Gasteiger partial charge in [-0.2, -0.15) is 0 Å². The molecule has 5 aliphatic rings. The van der Waals surface area contributed by atoms with Crippen molar-refractivity contribution in [1.82, 2.24) is 19.1 Å². The quantitative estimate of drug-likeness (QED) is 0.178. The molecular weight excluding hydrogens is 757 g/mol. The summed E-state index contributed by atoms with van der Waals surface area (Å²) in [4.78, 5) is 12.5. The highest BCUT2D eigenvalue weighted by Crippen LogP contribution is 2.58. The molecule has 5 aromatic carbocycles. The van der Waals surface area contributed by atoms with E-state index in [1.165, 1.54) is 52.5 Å². The lowest BCUT2D eigenvalue weighted by Gasteiger charge is -2.32. The normalized spacial score (nSPS) is 23.0. The third kappa shape index (κ3) is 4.97. The molecule has 0 saturated heterocycles. The van der Waals surface area contributed by atoms with Crippen LogP contribution in [-0.4, -0.2) is 24.4 Å². The number of para-hydroxylation sites is 2. The SMILES string of the molecule is CC1(C)C2C=c3c(nc(C4=CCC5Sc6ccccc6C5=C4)n3-c3ccccc3)=CC2C2C=c3nc(-c4ccc5sc6ccccc6c5c4)n(-c4ccccc4)c3=CC21. The minimum Gasteiger partial charge on any atom is -0.293 e. The molecule has 5 atom stereocenters. The van der Waals surface area contributed by atoms with Gasteiger partial charge in [-0.05, 0) is 107 Å². The molecule has 1 aliphatic heterocycles. The van der Waals surface area contributed by atoms with Gasteiger partial charge in [-0.1, -0.05) is 117 Å². The van der Waals surface area contributed by atoms with Gasteiger partial charge in [-0.25, -0.2) is 9.97 Å². The maximum atomic E-state index is 5.56. The smallest absolute Gasteiger partial charge is 0.145 e. The Morgan fingerprint density at radius 2 is 1.22 bits per heavy atom. The van der Waals surface area contributed by atoms with E-state index in [1.807, 2.05) is 23.1 Å². The Hall–Kier alpha value is -5.95. The lowest BCUT2D eigenvalue weighted by atomic mass is 9.72. The van der Waals surface area contributed by atoms with Crippen molar-refractivity contribution >= 4 is 78.7 Å². The Labute approximate surface area is 350 Å². The lowest BCUT2D eigenvalue weighted by molar-refractivity contribution is 0.262. The van der Waals surface area contributed by atoms with Crippen LogP contribution in [0.15, 0.2) is 144 Å². The largest absolute Gasteiger partial charge is 0.293 e. The number of hydrogen-bond acceptors (Lipinski definition) is 4. The lowest BCUT2D eigenvalue weighted by Crippen LogP contribution is -2.38. The molecule has 0 radical (unpaired) electrons. The van der Waals surface area contributed by atoms with Crippen molar-refractivity contribution in [2.45, 2.75) is 30.4 Å². The molecule has 6 heteroatoms. The summed E-state index contributed by atoms with van der Waals surface area (Å²) in [7, 11) is 0. The fraction of sp³-hybridized carbons (Fsp3) is 0.170. The predicted octanol–water partition coefficient (Wildman–Crippen LogP) is 9.79. The molecule has 0 N–H and O–H groups in total. The molecule has 1 saturated carbocycles. The van der Waals surface area contributed by atoms with Crippen molar-refractivity contribution in [2.24, 2.45) is 29.1 Å². The monoisotopic (exact) mass is 796 g/mol. The second kappa shape index (κ2) is 12.5. The first-order valence-electron chi connectivity index (χ1n) is 20.8. The first-order chi connectivity index (χ1) is 29.0. The number of thioether (sulfide) groups is 1. The van der Waals surface area contributed by atoms with Gasteiger partial charge in [0.25, 0.3) is 0 Å². The van der Waals surface area contributed by atoms with Crippen LogP contribution in [0.25, 0.3) is 78.4 Å². The maximum absolute atomic E-state index is 5.56. The van der Waals surface area contributed by atoms with Crippen molar-refractivity contribution < 1.29 is 0 Å². The third-order valence-electron chi connectivity index (χ3n) is 13.8. The zero-order valence-corrected chi connectivity index (χ0v) is 34.4. The molecule has 59 heavy (non-hydrogen) atoms. The number of thiophene rings is 1. The molecule has 4 nitrogen and oxygen atoms in total. The van der Waals surface area contributed by atoms with E-state index in [9.17, 15) is 0 Å². The average Bonchev–Trinajstić information content (AvgIpc) is 4.08. The maximum Gasteiger partial charge on any atom is 0.145 e. The van der Waals surface area contributed by atoms with Crippen LogP contribution in [0.4, 0.5) is 0 Å². The standard InChI is InChI=1S/C53H40N4S2/c1-53(2)41-29-45-43(54-51(56(45)33-13-5-3-6-14-33)31-21-23-49-39(25-31)35-17-9-11-19-47(35)58-49)27-37(41)38-28-44-46(30-42(38)53)57(34-15-7-4-8-16-34)52(55-44)32-22-24-50-40(26-32)36-18-10-12-20-48(36)59-50/h3-23,25-30,37-38,41-42,50H,24H2,1-2H3. The summed E-state index contributed by atoms with van der Waals surface area (Å²) < 4.78 is 7.47. The van der Waals surface area contributed by atoms with Crippen molar-refractivity contribution in [1.29, 1.82) is 0 Å². The van der Waals surface area contributed by atoms with Crippen LogP contribution in [0.5, 0.6) is 0 Å². The van der Waals surface area contributed by atoms with Crippen LogP contribution >= 0.6 is 23.1 Å². The minimum absolute atomic E-state index is 0.0196. The van der Waals surface area contributed by atoms with Gasteiger partial charge in [-0.3, -0.25) is 9.13 Å². The molecule has 5 unspecified atom stereocenters. The van der Waals surface area contributed by atoms with Gasteiger partial charge in [0.15, 0.2) is 0 Å². The summed E-state index contributed by atoms with van der Waals surface area (Å²) >= 11 is 3.86. The first kappa shape index (κ1) is 34.0. The number of allylic oxidation sites excluding steroid dienone is 3. The Bertz CT molecular complexity index is 3400. The van der Waals surface area contributed by atoms with Crippen LogP contribution in [0.1, 0.15) is 31.7 Å². The minimum atomic E-state index is -0.0196. The Morgan fingerprint density at radius 1 is 0.610 bits per heavy atom. The molecule has 0 spiro atoms. The topological polar surface area (TPSA) is 35.6 Å². The summed E-state index contributed by atoms with van der Waals surface area (Å²) in [6.45, 7) is 4.99.